The van der Waals surface area contributed by atoms with Crippen molar-refractivity contribution in [3.63, 3.8) is 0 Å². The van der Waals surface area contributed by atoms with Gasteiger partial charge in [-0.1, -0.05) is 13.8 Å². The van der Waals surface area contributed by atoms with E-state index in [-0.39, 0.29) is 29.9 Å². The van der Waals surface area contributed by atoms with Crippen molar-refractivity contribution in [3.05, 3.63) is 24.0 Å². The number of fused-ring (bicyclic) bond motifs is 2. The molecule has 0 radical (unpaired) electrons. The van der Waals surface area contributed by atoms with Gasteiger partial charge in [0.15, 0.2) is 0 Å². The molecule has 3 heterocycles. The molecule has 2 N–H and O–H groups in total. The fourth-order valence-electron chi connectivity index (χ4n) is 3.17. The van der Waals surface area contributed by atoms with E-state index < -0.39 is 0 Å². The van der Waals surface area contributed by atoms with Crippen LogP contribution in [0.4, 0.5) is 0 Å². The number of hydrogen-bond acceptors (Lipinski definition) is 3. The maximum absolute atomic E-state index is 12.4. The lowest BCUT2D eigenvalue weighted by Gasteiger charge is -2.32. The molecule has 22 heavy (non-hydrogen) atoms. The Labute approximate surface area is 130 Å². The predicted octanol–water partition coefficient (Wildman–Crippen LogP) is 1.02. The Kier molecular flexibility index (Phi) is 4.20. The van der Waals surface area contributed by atoms with Crippen LogP contribution >= 0.6 is 0 Å². The lowest BCUT2D eigenvalue weighted by Crippen LogP contribution is -2.48. The standard InChI is InChI=1S/C16H23N3O3/c1-10(2)6-18-15(20)13-5-12-8-19(9-14(13)22-12)16(21)11-3-4-17-7-11/h3-4,7,10,12-14,17H,5-6,8-9H2,1-2H3,(H,18,20). The fraction of sp³-hybridized carbons (Fsp3) is 0.625. The van der Waals surface area contributed by atoms with E-state index in [9.17, 15) is 9.59 Å². The van der Waals surface area contributed by atoms with Crippen LogP contribution in [-0.4, -0.2) is 53.5 Å². The summed E-state index contributed by atoms with van der Waals surface area (Å²) in [6.07, 6.45) is 3.92. The average Bonchev–Trinajstić information content (AvgIpc) is 3.12. The largest absolute Gasteiger partial charge is 0.370 e. The van der Waals surface area contributed by atoms with Crippen molar-refractivity contribution in [2.75, 3.05) is 19.6 Å². The highest BCUT2D eigenvalue weighted by molar-refractivity contribution is 5.94. The molecule has 0 saturated carbocycles. The van der Waals surface area contributed by atoms with Gasteiger partial charge in [-0.3, -0.25) is 9.59 Å². The highest BCUT2D eigenvalue weighted by Crippen LogP contribution is 2.32. The molecule has 2 aliphatic heterocycles. The normalized spacial score (nSPS) is 27.2. The van der Waals surface area contributed by atoms with Gasteiger partial charge in [0.05, 0.1) is 23.7 Å². The molecule has 0 spiro atoms. The summed E-state index contributed by atoms with van der Waals surface area (Å²) in [4.78, 5) is 29.4. The number of aromatic amines is 1. The molecule has 2 amide bonds. The van der Waals surface area contributed by atoms with Gasteiger partial charge < -0.3 is 19.9 Å². The van der Waals surface area contributed by atoms with Crippen LogP contribution in [0.1, 0.15) is 30.6 Å². The third-order valence-electron chi connectivity index (χ3n) is 4.31. The summed E-state index contributed by atoms with van der Waals surface area (Å²) in [5.41, 5.74) is 0.655. The molecule has 1 aromatic rings. The van der Waals surface area contributed by atoms with Crippen molar-refractivity contribution >= 4 is 11.8 Å². The first-order valence-corrected chi connectivity index (χ1v) is 7.90. The maximum atomic E-state index is 12.4. The SMILES string of the molecule is CC(C)CNC(=O)C1CC2CN(C(=O)c3cc[nH]c3)CC1O2. The van der Waals surface area contributed by atoms with Crippen LogP contribution in [0.3, 0.4) is 0 Å². The van der Waals surface area contributed by atoms with Gasteiger partial charge in [-0.05, 0) is 18.4 Å². The number of amides is 2. The third-order valence-corrected chi connectivity index (χ3v) is 4.31. The first kappa shape index (κ1) is 15.1. The number of hydrogen-bond donors (Lipinski definition) is 2. The van der Waals surface area contributed by atoms with Crippen LogP contribution < -0.4 is 5.32 Å². The minimum Gasteiger partial charge on any atom is -0.370 e. The van der Waals surface area contributed by atoms with Crippen molar-refractivity contribution in [2.45, 2.75) is 32.5 Å². The third kappa shape index (κ3) is 3.02. The molecule has 2 saturated heterocycles. The highest BCUT2D eigenvalue weighted by atomic mass is 16.5. The second-order valence-electron chi connectivity index (χ2n) is 6.59. The van der Waals surface area contributed by atoms with E-state index in [0.29, 0.717) is 37.5 Å². The van der Waals surface area contributed by atoms with Crippen molar-refractivity contribution < 1.29 is 14.3 Å². The zero-order valence-corrected chi connectivity index (χ0v) is 13.0. The number of rotatable bonds is 4. The molecule has 1 aromatic heterocycles. The molecule has 6 heteroatoms. The second kappa shape index (κ2) is 6.12. The molecule has 3 rings (SSSR count). The Morgan fingerprint density at radius 2 is 2.27 bits per heavy atom. The molecule has 6 nitrogen and oxygen atoms in total. The molecular weight excluding hydrogens is 282 g/mol. The van der Waals surface area contributed by atoms with Gasteiger partial charge in [0.2, 0.25) is 5.91 Å². The van der Waals surface area contributed by atoms with E-state index in [0.717, 1.165) is 0 Å². The lowest BCUT2D eigenvalue weighted by atomic mass is 9.99. The van der Waals surface area contributed by atoms with Crippen molar-refractivity contribution in [3.8, 4) is 0 Å². The number of likely N-dealkylation sites (tertiary alicyclic amines) is 1. The Morgan fingerprint density at radius 1 is 1.45 bits per heavy atom. The molecule has 2 bridgehead atoms. The smallest absolute Gasteiger partial charge is 0.255 e. The zero-order chi connectivity index (χ0) is 15.7. The minimum atomic E-state index is -0.186. The molecule has 0 aromatic carbocycles. The number of carbonyl (C=O) groups is 2. The van der Waals surface area contributed by atoms with Crippen LogP contribution in [0.5, 0.6) is 0 Å². The topological polar surface area (TPSA) is 74.4 Å². The summed E-state index contributed by atoms with van der Waals surface area (Å²) in [6.45, 7) is 5.87. The van der Waals surface area contributed by atoms with Gasteiger partial charge in [-0.25, -0.2) is 0 Å². The number of carbonyl (C=O) groups excluding carboxylic acids is 2. The number of nitrogens with one attached hydrogen (secondary N) is 2. The summed E-state index contributed by atoms with van der Waals surface area (Å²) in [6, 6.07) is 1.77. The van der Waals surface area contributed by atoms with E-state index in [1.54, 1.807) is 23.4 Å². The summed E-state index contributed by atoms with van der Waals surface area (Å²) < 4.78 is 5.87. The summed E-state index contributed by atoms with van der Waals surface area (Å²) in [5, 5.41) is 2.98. The second-order valence-corrected chi connectivity index (χ2v) is 6.59. The Bertz CT molecular complexity index is 541. The van der Waals surface area contributed by atoms with E-state index in [2.05, 4.69) is 24.1 Å². The number of nitrogens with zero attached hydrogens (tertiary/aromatic N) is 1. The van der Waals surface area contributed by atoms with Crippen LogP contribution in [0.15, 0.2) is 18.5 Å². The predicted molar refractivity (Wildman–Crippen MR) is 81.3 cm³/mol. The van der Waals surface area contributed by atoms with Crippen molar-refractivity contribution in [1.29, 1.82) is 0 Å². The van der Waals surface area contributed by atoms with Crippen molar-refractivity contribution in [1.82, 2.24) is 15.2 Å². The quantitative estimate of drug-likeness (QED) is 0.872. The average molecular weight is 305 g/mol. The molecule has 3 atom stereocenters. The van der Waals surface area contributed by atoms with E-state index in [1.165, 1.54) is 0 Å². The van der Waals surface area contributed by atoms with E-state index >= 15 is 0 Å². The molecular formula is C16H23N3O3. The van der Waals surface area contributed by atoms with E-state index in [4.69, 9.17) is 4.74 Å². The molecule has 3 unspecified atom stereocenters. The summed E-state index contributed by atoms with van der Waals surface area (Å²) in [5.74, 6) is 0.338. The highest BCUT2D eigenvalue weighted by Gasteiger charge is 2.45. The van der Waals surface area contributed by atoms with Gasteiger partial charge in [0.1, 0.15) is 0 Å². The molecule has 2 fully saturated rings. The maximum Gasteiger partial charge on any atom is 0.255 e. The van der Waals surface area contributed by atoms with Gasteiger partial charge in [-0.15, -0.1) is 0 Å². The van der Waals surface area contributed by atoms with Crippen LogP contribution in [-0.2, 0) is 9.53 Å². The fourth-order valence-corrected chi connectivity index (χ4v) is 3.17. The number of aromatic nitrogens is 1. The first-order valence-electron chi connectivity index (χ1n) is 7.90. The Hall–Kier alpha value is -1.82. The van der Waals surface area contributed by atoms with Gasteiger partial charge >= 0.3 is 0 Å². The zero-order valence-electron chi connectivity index (χ0n) is 13.0. The summed E-state index contributed by atoms with van der Waals surface area (Å²) >= 11 is 0. The minimum absolute atomic E-state index is 0.00258. The van der Waals surface area contributed by atoms with Gasteiger partial charge in [0, 0.05) is 32.0 Å². The first-order chi connectivity index (χ1) is 10.5. The monoisotopic (exact) mass is 305 g/mol. The lowest BCUT2D eigenvalue weighted by molar-refractivity contribution is -0.127. The molecule has 2 aliphatic rings. The molecule has 120 valence electrons. The van der Waals surface area contributed by atoms with E-state index in [1.807, 2.05) is 0 Å². The Morgan fingerprint density at radius 3 is 2.95 bits per heavy atom. The van der Waals surface area contributed by atoms with Crippen LogP contribution in [0.25, 0.3) is 0 Å². The molecule has 0 aliphatic carbocycles. The number of morpholine rings is 1. The van der Waals surface area contributed by atoms with Gasteiger partial charge in [0.25, 0.3) is 5.91 Å². The van der Waals surface area contributed by atoms with Crippen molar-refractivity contribution in [2.24, 2.45) is 11.8 Å². The number of H-pyrrole nitrogens is 1. The van der Waals surface area contributed by atoms with Crippen LogP contribution in [0.2, 0.25) is 0 Å². The van der Waals surface area contributed by atoms with Crippen LogP contribution in [0, 0.1) is 11.8 Å². The summed E-state index contributed by atoms with van der Waals surface area (Å²) in [7, 11) is 0. The van der Waals surface area contributed by atoms with Gasteiger partial charge in [-0.2, -0.15) is 0 Å². The Balaban J connectivity index is 1.62. The number of ether oxygens (including phenoxy) is 1.